The molecule has 0 aromatic heterocycles. The lowest BCUT2D eigenvalue weighted by molar-refractivity contribution is 0.0692. The van der Waals surface area contributed by atoms with Crippen molar-refractivity contribution in [2.45, 2.75) is 38.2 Å². The second kappa shape index (κ2) is 6.35. The number of aliphatic hydroxyl groups excluding tert-OH is 1. The zero-order valence-corrected chi connectivity index (χ0v) is 12.3. The maximum atomic E-state index is 14.0. The van der Waals surface area contributed by atoms with E-state index in [1.165, 1.54) is 0 Å². The maximum absolute atomic E-state index is 14.0. The molecule has 1 unspecified atom stereocenters. The third-order valence-electron chi connectivity index (χ3n) is 4.39. The molecule has 2 aromatic rings. The molecular weight excluding hydrogens is 270 g/mol. The minimum absolute atomic E-state index is 0.0163. The Balaban J connectivity index is 2.54. The fourth-order valence-corrected chi connectivity index (χ4v) is 2.99. The van der Waals surface area contributed by atoms with Crippen molar-refractivity contribution in [3.63, 3.8) is 0 Å². The zero-order chi connectivity index (χ0) is 15.5. The summed E-state index contributed by atoms with van der Waals surface area (Å²) in [5.74, 6) is -1.12. The Morgan fingerprint density at radius 2 is 1.62 bits per heavy atom. The second-order valence-corrected chi connectivity index (χ2v) is 5.30. The lowest BCUT2D eigenvalue weighted by atomic mass is 9.69. The summed E-state index contributed by atoms with van der Waals surface area (Å²) in [4.78, 5) is 0. The highest BCUT2D eigenvalue weighted by Gasteiger charge is 2.38. The van der Waals surface area contributed by atoms with Gasteiger partial charge >= 0.3 is 0 Å². The van der Waals surface area contributed by atoms with E-state index in [0.29, 0.717) is 12.8 Å². The van der Waals surface area contributed by atoms with E-state index in [2.05, 4.69) is 0 Å². The molecule has 1 N–H and O–H groups in total. The molecule has 112 valence electrons. The molecule has 0 amide bonds. The Hall–Kier alpha value is -1.74. The minimum Gasteiger partial charge on any atom is -0.387 e. The number of benzene rings is 2. The molecule has 0 radical (unpaired) electrons. The first-order valence-corrected chi connectivity index (χ1v) is 7.23. The Bertz CT molecular complexity index is 591. The Kier molecular flexibility index (Phi) is 4.73. The van der Waals surface area contributed by atoms with E-state index >= 15 is 0 Å². The number of hydrogen-bond donors (Lipinski definition) is 1. The van der Waals surface area contributed by atoms with E-state index in [0.717, 1.165) is 23.8 Å². The van der Waals surface area contributed by atoms with Crippen molar-refractivity contribution in [2.75, 3.05) is 0 Å². The van der Waals surface area contributed by atoms with E-state index in [1.807, 2.05) is 44.2 Å². The molecule has 0 aliphatic heterocycles. The molecule has 0 fully saturated rings. The van der Waals surface area contributed by atoms with Crippen LogP contribution in [0.3, 0.4) is 0 Å². The number of rotatable bonds is 5. The van der Waals surface area contributed by atoms with Crippen LogP contribution >= 0.6 is 0 Å². The molecule has 0 aliphatic rings. The van der Waals surface area contributed by atoms with E-state index < -0.39 is 23.2 Å². The summed E-state index contributed by atoms with van der Waals surface area (Å²) in [6.07, 6.45) is 0.167. The van der Waals surface area contributed by atoms with Gasteiger partial charge in [0.2, 0.25) is 0 Å². The van der Waals surface area contributed by atoms with Gasteiger partial charge in [-0.2, -0.15) is 0 Å². The van der Waals surface area contributed by atoms with E-state index in [9.17, 15) is 13.9 Å². The van der Waals surface area contributed by atoms with Crippen LogP contribution in [0.25, 0.3) is 0 Å². The predicted octanol–water partition coefficient (Wildman–Crippen LogP) is 4.76. The number of halogens is 2. The second-order valence-electron chi connectivity index (χ2n) is 5.30. The van der Waals surface area contributed by atoms with Crippen molar-refractivity contribution in [1.29, 1.82) is 0 Å². The monoisotopic (exact) mass is 290 g/mol. The highest BCUT2D eigenvalue weighted by atomic mass is 19.1. The van der Waals surface area contributed by atoms with E-state index in [-0.39, 0.29) is 5.56 Å². The normalized spacial score (nSPS) is 13.2. The van der Waals surface area contributed by atoms with Crippen LogP contribution in [0, 0.1) is 11.6 Å². The third-order valence-corrected chi connectivity index (χ3v) is 4.39. The average Bonchev–Trinajstić information content (AvgIpc) is 2.52. The minimum atomic E-state index is -1.09. The van der Waals surface area contributed by atoms with Gasteiger partial charge in [0.1, 0.15) is 11.6 Å². The van der Waals surface area contributed by atoms with Crippen molar-refractivity contribution in [3.8, 4) is 0 Å². The van der Waals surface area contributed by atoms with Crippen LogP contribution in [0.15, 0.2) is 48.5 Å². The van der Waals surface area contributed by atoms with Crippen LogP contribution in [0.1, 0.15) is 43.9 Å². The largest absolute Gasteiger partial charge is 0.387 e. The summed E-state index contributed by atoms with van der Waals surface area (Å²) in [6, 6.07) is 12.7. The summed E-state index contributed by atoms with van der Waals surface area (Å²) in [5.41, 5.74) is 0.323. The van der Waals surface area contributed by atoms with Gasteiger partial charge in [-0.25, -0.2) is 8.78 Å². The molecule has 21 heavy (non-hydrogen) atoms. The van der Waals surface area contributed by atoms with Gasteiger partial charge in [-0.3, -0.25) is 0 Å². The van der Waals surface area contributed by atoms with E-state index in [1.54, 1.807) is 0 Å². The van der Waals surface area contributed by atoms with Crippen LogP contribution in [0.5, 0.6) is 0 Å². The van der Waals surface area contributed by atoms with Crippen LogP contribution < -0.4 is 0 Å². The molecule has 3 heteroatoms. The average molecular weight is 290 g/mol. The molecule has 1 atom stereocenters. The smallest absolute Gasteiger partial charge is 0.129 e. The fraction of sp³-hybridized carbons (Fsp3) is 0.333. The summed E-state index contributed by atoms with van der Waals surface area (Å²) in [5, 5.41) is 10.8. The molecule has 0 saturated heterocycles. The first kappa shape index (κ1) is 15.6. The molecule has 0 heterocycles. The first-order valence-electron chi connectivity index (χ1n) is 7.23. The third kappa shape index (κ3) is 2.84. The Morgan fingerprint density at radius 1 is 1.00 bits per heavy atom. The molecule has 2 aromatic carbocycles. The standard InChI is InChI=1S/C18H20F2O/c1-3-18(4-2,13-8-6-5-7-9-13)17(21)15-12-14(19)10-11-16(15)20/h5-12,17,21H,3-4H2,1-2H3. The number of aliphatic hydroxyl groups is 1. The van der Waals surface area contributed by atoms with Gasteiger partial charge in [0.05, 0.1) is 6.10 Å². The molecule has 2 rings (SSSR count). The van der Waals surface area contributed by atoms with Crippen molar-refractivity contribution >= 4 is 0 Å². The summed E-state index contributed by atoms with van der Waals surface area (Å²) in [7, 11) is 0. The van der Waals surface area contributed by atoms with Gasteiger partial charge in [-0.05, 0) is 36.6 Å². The van der Waals surface area contributed by atoms with Gasteiger partial charge < -0.3 is 5.11 Å². The molecule has 1 nitrogen and oxygen atoms in total. The van der Waals surface area contributed by atoms with Crippen LogP contribution in [0.2, 0.25) is 0 Å². The lowest BCUT2D eigenvalue weighted by Gasteiger charge is -2.37. The van der Waals surface area contributed by atoms with Crippen LogP contribution in [-0.2, 0) is 5.41 Å². The van der Waals surface area contributed by atoms with Gasteiger partial charge in [0.25, 0.3) is 0 Å². The molecular formula is C18H20F2O. The Labute approximate surface area is 124 Å². The molecule has 0 saturated carbocycles. The summed E-state index contributed by atoms with van der Waals surface area (Å²) in [6.45, 7) is 3.91. The van der Waals surface area contributed by atoms with Gasteiger partial charge in [0, 0.05) is 11.0 Å². The van der Waals surface area contributed by atoms with Crippen LogP contribution in [0.4, 0.5) is 8.78 Å². The van der Waals surface area contributed by atoms with Gasteiger partial charge in [-0.1, -0.05) is 44.2 Å². The summed E-state index contributed by atoms with van der Waals surface area (Å²) >= 11 is 0. The maximum Gasteiger partial charge on any atom is 0.129 e. The Morgan fingerprint density at radius 3 is 2.19 bits per heavy atom. The summed E-state index contributed by atoms with van der Waals surface area (Å²) < 4.78 is 27.4. The highest BCUT2D eigenvalue weighted by molar-refractivity contribution is 5.33. The zero-order valence-electron chi connectivity index (χ0n) is 12.3. The van der Waals surface area contributed by atoms with Gasteiger partial charge in [0.15, 0.2) is 0 Å². The van der Waals surface area contributed by atoms with Crippen molar-refractivity contribution in [1.82, 2.24) is 0 Å². The van der Waals surface area contributed by atoms with Crippen molar-refractivity contribution in [3.05, 3.63) is 71.3 Å². The molecule has 0 spiro atoms. The highest BCUT2D eigenvalue weighted by Crippen LogP contribution is 2.43. The molecule has 0 aliphatic carbocycles. The predicted molar refractivity (Wildman–Crippen MR) is 80.0 cm³/mol. The van der Waals surface area contributed by atoms with Crippen LogP contribution in [-0.4, -0.2) is 5.11 Å². The topological polar surface area (TPSA) is 20.2 Å². The quantitative estimate of drug-likeness (QED) is 0.842. The fourth-order valence-electron chi connectivity index (χ4n) is 2.99. The van der Waals surface area contributed by atoms with E-state index in [4.69, 9.17) is 0 Å². The SMILES string of the molecule is CCC(CC)(c1ccccc1)C(O)c1cc(F)ccc1F. The first-order chi connectivity index (χ1) is 10.0. The van der Waals surface area contributed by atoms with Gasteiger partial charge in [-0.15, -0.1) is 0 Å². The van der Waals surface area contributed by atoms with Crippen molar-refractivity contribution < 1.29 is 13.9 Å². The molecule has 0 bridgehead atoms. The number of hydrogen-bond acceptors (Lipinski definition) is 1. The lowest BCUT2D eigenvalue weighted by Crippen LogP contribution is -2.33. The van der Waals surface area contributed by atoms with Crippen molar-refractivity contribution in [2.24, 2.45) is 0 Å².